The molecule has 0 saturated carbocycles. The Morgan fingerprint density at radius 1 is 0.818 bits per heavy atom. The topological polar surface area (TPSA) is 15.3 Å². The molecule has 130 valence electrons. The maximum absolute atomic E-state index is 3.96. The number of hydrogen-bond acceptors (Lipinski definition) is 2. The third kappa shape index (κ3) is 5.21. The predicted molar refractivity (Wildman–Crippen MR) is 98.8 cm³/mol. The van der Waals surface area contributed by atoms with Crippen LogP contribution in [-0.2, 0) is 0 Å². The molecule has 2 heteroatoms. The SMILES string of the molecule is CCCCC1=C(CCCC)N(CCCC)C(C)(CCCC)N1. The van der Waals surface area contributed by atoms with Crippen molar-refractivity contribution in [3.63, 3.8) is 0 Å². The van der Waals surface area contributed by atoms with Crippen LogP contribution in [0, 0.1) is 0 Å². The Hall–Kier alpha value is -0.660. The average Bonchev–Trinajstić information content (AvgIpc) is 2.78. The molecular formula is C20H40N2. The van der Waals surface area contributed by atoms with E-state index in [2.05, 4.69) is 44.8 Å². The zero-order valence-electron chi connectivity index (χ0n) is 15.9. The van der Waals surface area contributed by atoms with Gasteiger partial charge in [-0.2, -0.15) is 0 Å². The Bertz CT molecular complexity index is 335. The van der Waals surface area contributed by atoms with E-state index >= 15 is 0 Å². The number of unbranched alkanes of at least 4 members (excludes halogenated alkanes) is 4. The Balaban J connectivity index is 2.93. The van der Waals surface area contributed by atoms with E-state index in [1.165, 1.54) is 77.2 Å². The number of nitrogens with zero attached hydrogens (tertiary/aromatic N) is 1. The van der Waals surface area contributed by atoms with E-state index in [0.717, 1.165) is 0 Å². The average molecular weight is 309 g/mol. The molecule has 0 bridgehead atoms. The van der Waals surface area contributed by atoms with Crippen LogP contribution in [-0.4, -0.2) is 17.1 Å². The lowest BCUT2D eigenvalue weighted by Gasteiger charge is -2.39. The van der Waals surface area contributed by atoms with Crippen LogP contribution < -0.4 is 5.32 Å². The first-order valence-electron chi connectivity index (χ1n) is 9.90. The van der Waals surface area contributed by atoms with Gasteiger partial charge in [0, 0.05) is 17.9 Å². The molecule has 0 aromatic rings. The Morgan fingerprint density at radius 2 is 1.41 bits per heavy atom. The predicted octanol–water partition coefficient (Wildman–Crippen LogP) is 6.19. The van der Waals surface area contributed by atoms with Crippen LogP contribution in [0.15, 0.2) is 11.4 Å². The van der Waals surface area contributed by atoms with Crippen molar-refractivity contribution < 1.29 is 0 Å². The van der Waals surface area contributed by atoms with Gasteiger partial charge in [-0.05, 0) is 51.9 Å². The largest absolute Gasteiger partial charge is 0.365 e. The Labute approximate surface area is 139 Å². The van der Waals surface area contributed by atoms with Crippen molar-refractivity contribution in [3.8, 4) is 0 Å². The summed E-state index contributed by atoms with van der Waals surface area (Å²) in [5.74, 6) is 0. The fourth-order valence-corrected chi connectivity index (χ4v) is 3.53. The molecule has 0 aliphatic carbocycles. The van der Waals surface area contributed by atoms with E-state index in [4.69, 9.17) is 0 Å². The van der Waals surface area contributed by atoms with Gasteiger partial charge in [-0.3, -0.25) is 0 Å². The minimum Gasteiger partial charge on any atom is -0.365 e. The minimum atomic E-state index is 0.164. The molecule has 0 spiro atoms. The number of allylic oxidation sites excluding steroid dienone is 2. The van der Waals surface area contributed by atoms with E-state index in [1.54, 1.807) is 11.4 Å². The molecule has 0 saturated heterocycles. The van der Waals surface area contributed by atoms with Crippen LogP contribution in [0.1, 0.15) is 105 Å². The Kier molecular flexibility index (Phi) is 8.97. The Morgan fingerprint density at radius 3 is 2.00 bits per heavy atom. The summed E-state index contributed by atoms with van der Waals surface area (Å²) in [6.45, 7) is 12.9. The van der Waals surface area contributed by atoms with E-state index in [0.29, 0.717) is 0 Å². The van der Waals surface area contributed by atoms with Crippen LogP contribution in [0.4, 0.5) is 0 Å². The highest BCUT2D eigenvalue weighted by Crippen LogP contribution is 2.36. The highest BCUT2D eigenvalue weighted by atomic mass is 15.4. The van der Waals surface area contributed by atoms with E-state index in [9.17, 15) is 0 Å². The molecule has 0 fully saturated rings. The second-order valence-electron chi connectivity index (χ2n) is 7.14. The third-order valence-corrected chi connectivity index (χ3v) is 4.99. The van der Waals surface area contributed by atoms with E-state index in [-0.39, 0.29) is 5.66 Å². The van der Waals surface area contributed by atoms with Gasteiger partial charge in [0.05, 0.1) is 0 Å². The van der Waals surface area contributed by atoms with Gasteiger partial charge in [-0.15, -0.1) is 0 Å². The lowest BCUT2D eigenvalue weighted by Crippen LogP contribution is -2.50. The number of rotatable bonds is 12. The van der Waals surface area contributed by atoms with Gasteiger partial charge < -0.3 is 10.2 Å². The summed E-state index contributed by atoms with van der Waals surface area (Å²) in [4.78, 5) is 2.74. The van der Waals surface area contributed by atoms with Crippen molar-refractivity contribution in [3.05, 3.63) is 11.4 Å². The van der Waals surface area contributed by atoms with Gasteiger partial charge in [-0.25, -0.2) is 0 Å². The molecule has 1 N–H and O–H groups in total. The quantitative estimate of drug-likeness (QED) is 0.462. The first-order valence-corrected chi connectivity index (χ1v) is 9.90. The highest BCUT2D eigenvalue weighted by Gasteiger charge is 2.39. The molecule has 1 rings (SSSR count). The summed E-state index contributed by atoms with van der Waals surface area (Å²) in [6.07, 6.45) is 14.1. The normalized spacial score (nSPS) is 21.6. The minimum absolute atomic E-state index is 0.164. The molecule has 1 unspecified atom stereocenters. The zero-order chi connectivity index (χ0) is 16.4. The van der Waals surface area contributed by atoms with Gasteiger partial charge in [0.15, 0.2) is 0 Å². The van der Waals surface area contributed by atoms with Gasteiger partial charge >= 0.3 is 0 Å². The third-order valence-electron chi connectivity index (χ3n) is 4.99. The van der Waals surface area contributed by atoms with Gasteiger partial charge in [-0.1, -0.05) is 53.4 Å². The molecule has 0 amide bonds. The first kappa shape index (κ1) is 19.4. The van der Waals surface area contributed by atoms with Crippen molar-refractivity contribution in [1.29, 1.82) is 0 Å². The van der Waals surface area contributed by atoms with Crippen molar-refractivity contribution in [2.24, 2.45) is 0 Å². The zero-order valence-corrected chi connectivity index (χ0v) is 15.9. The van der Waals surface area contributed by atoms with Crippen LogP contribution in [0.3, 0.4) is 0 Å². The molecule has 1 heterocycles. The van der Waals surface area contributed by atoms with Gasteiger partial charge in [0.1, 0.15) is 5.66 Å². The van der Waals surface area contributed by atoms with Crippen LogP contribution in [0.25, 0.3) is 0 Å². The lowest BCUT2D eigenvalue weighted by molar-refractivity contribution is 0.127. The lowest BCUT2D eigenvalue weighted by atomic mass is 10.0. The molecule has 0 aromatic heterocycles. The molecule has 0 aromatic carbocycles. The molecule has 1 atom stereocenters. The standard InChI is InChI=1S/C20H40N2/c1-6-10-14-18-19(15-11-7-2)22(17-13-9-4)20(5,21-18)16-12-8-3/h21H,6-17H2,1-5H3. The molecule has 1 aliphatic heterocycles. The monoisotopic (exact) mass is 308 g/mol. The summed E-state index contributed by atoms with van der Waals surface area (Å²) in [5, 5.41) is 3.96. The maximum atomic E-state index is 3.96. The maximum Gasteiger partial charge on any atom is 0.107 e. The smallest absolute Gasteiger partial charge is 0.107 e. The van der Waals surface area contributed by atoms with E-state index < -0.39 is 0 Å². The fraction of sp³-hybridized carbons (Fsp3) is 0.900. The number of nitrogens with one attached hydrogen (secondary N) is 1. The van der Waals surface area contributed by atoms with Crippen LogP contribution in [0.5, 0.6) is 0 Å². The second kappa shape index (κ2) is 10.2. The van der Waals surface area contributed by atoms with Gasteiger partial charge in [0.25, 0.3) is 0 Å². The highest BCUT2D eigenvalue weighted by molar-refractivity contribution is 5.23. The summed E-state index contributed by atoms with van der Waals surface area (Å²) in [5.41, 5.74) is 3.37. The number of hydrogen-bond donors (Lipinski definition) is 1. The second-order valence-corrected chi connectivity index (χ2v) is 7.14. The summed E-state index contributed by atoms with van der Waals surface area (Å²) < 4.78 is 0. The van der Waals surface area contributed by atoms with Crippen molar-refractivity contribution >= 4 is 0 Å². The fourth-order valence-electron chi connectivity index (χ4n) is 3.53. The van der Waals surface area contributed by atoms with Gasteiger partial charge in [0.2, 0.25) is 0 Å². The molecule has 2 nitrogen and oxygen atoms in total. The van der Waals surface area contributed by atoms with Crippen LogP contribution >= 0.6 is 0 Å². The van der Waals surface area contributed by atoms with E-state index in [1.807, 2.05) is 0 Å². The first-order chi connectivity index (χ1) is 10.6. The summed E-state index contributed by atoms with van der Waals surface area (Å²) in [7, 11) is 0. The van der Waals surface area contributed by atoms with Crippen LogP contribution in [0.2, 0.25) is 0 Å². The summed E-state index contributed by atoms with van der Waals surface area (Å²) in [6, 6.07) is 0. The molecule has 1 aliphatic rings. The molecular weight excluding hydrogens is 268 g/mol. The molecule has 22 heavy (non-hydrogen) atoms. The molecule has 0 radical (unpaired) electrons. The van der Waals surface area contributed by atoms with Crippen molar-refractivity contribution in [2.45, 2.75) is 111 Å². The van der Waals surface area contributed by atoms with Crippen molar-refractivity contribution in [2.75, 3.05) is 6.54 Å². The summed E-state index contributed by atoms with van der Waals surface area (Å²) >= 11 is 0. The van der Waals surface area contributed by atoms with Crippen molar-refractivity contribution in [1.82, 2.24) is 10.2 Å².